The van der Waals surface area contributed by atoms with Crippen LogP contribution in [0.25, 0.3) is 0 Å². The Morgan fingerprint density at radius 3 is 2.60 bits per heavy atom. The van der Waals surface area contributed by atoms with Crippen LogP contribution in [0.1, 0.15) is 23.9 Å². The number of benzene rings is 1. The lowest BCUT2D eigenvalue weighted by molar-refractivity contribution is 0.475. The second-order valence-corrected chi connectivity index (χ2v) is 4.81. The van der Waals surface area contributed by atoms with Crippen molar-refractivity contribution in [3.8, 4) is 5.75 Å². The van der Waals surface area contributed by atoms with Crippen molar-refractivity contribution < 1.29 is 5.11 Å². The van der Waals surface area contributed by atoms with Gasteiger partial charge in [0.05, 0.1) is 0 Å². The van der Waals surface area contributed by atoms with Crippen molar-refractivity contribution in [3.63, 3.8) is 0 Å². The summed E-state index contributed by atoms with van der Waals surface area (Å²) in [6.45, 7) is 7.28. The van der Waals surface area contributed by atoms with Gasteiger partial charge in [0.2, 0.25) is 0 Å². The maximum Gasteiger partial charge on any atom is 0.117 e. The fourth-order valence-electron chi connectivity index (χ4n) is 2.48. The highest BCUT2D eigenvalue weighted by atomic mass is 16.3. The number of hydrogen-bond donors (Lipinski definition) is 2. The predicted molar refractivity (Wildman–Crippen MR) is 82.4 cm³/mol. The van der Waals surface area contributed by atoms with Crippen molar-refractivity contribution in [2.45, 2.75) is 27.3 Å². The summed E-state index contributed by atoms with van der Waals surface area (Å²) in [5, 5.41) is 9.68. The molecule has 0 saturated carbocycles. The minimum absolute atomic E-state index is 0.262. The Balaban J connectivity index is 2.57. The molecule has 0 unspecified atom stereocenters. The molecule has 0 fully saturated rings. The van der Waals surface area contributed by atoms with Crippen LogP contribution in [0.5, 0.6) is 5.75 Å². The molecule has 0 aliphatic carbocycles. The Kier molecular flexibility index (Phi) is 4.25. The number of aromatic hydroxyl groups is 1. The van der Waals surface area contributed by atoms with Crippen LogP contribution < -0.4 is 10.6 Å². The van der Waals surface area contributed by atoms with E-state index < -0.39 is 0 Å². The molecule has 4 heteroatoms. The number of aromatic nitrogens is 1. The summed E-state index contributed by atoms with van der Waals surface area (Å²) >= 11 is 0. The Morgan fingerprint density at radius 2 is 2.00 bits per heavy atom. The van der Waals surface area contributed by atoms with Crippen LogP contribution in [0.4, 0.5) is 11.4 Å². The number of hydrogen-bond acceptors (Lipinski definition) is 4. The van der Waals surface area contributed by atoms with Gasteiger partial charge in [-0.15, -0.1) is 0 Å². The normalized spacial score (nSPS) is 10.6. The van der Waals surface area contributed by atoms with Gasteiger partial charge in [0, 0.05) is 47.5 Å². The number of rotatable bonds is 4. The summed E-state index contributed by atoms with van der Waals surface area (Å²) < 4.78 is 0. The van der Waals surface area contributed by atoms with E-state index >= 15 is 0 Å². The number of nitrogens with two attached hydrogens (primary N) is 1. The third-order valence-electron chi connectivity index (χ3n) is 3.39. The fraction of sp³-hybridized carbons (Fsp3) is 0.312. The van der Waals surface area contributed by atoms with E-state index in [9.17, 15) is 5.11 Å². The van der Waals surface area contributed by atoms with Crippen LogP contribution in [0, 0.1) is 13.8 Å². The van der Waals surface area contributed by atoms with Gasteiger partial charge in [-0.1, -0.05) is 6.07 Å². The molecule has 20 heavy (non-hydrogen) atoms. The first-order valence-corrected chi connectivity index (χ1v) is 6.80. The average Bonchev–Trinajstić information content (AvgIpc) is 2.39. The van der Waals surface area contributed by atoms with E-state index in [0.717, 1.165) is 34.9 Å². The molecule has 1 aromatic heterocycles. The third-order valence-corrected chi connectivity index (χ3v) is 3.39. The molecular formula is C16H21N3O. The quantitative estimate of drug-likeness (QED) is 0.897. The lowest BCUT2D eigenvalue weighted by Crippen LogP contribution is -2.20. The van der Waals surface area contributed by atoms with Gasteiger partial charge in [-0.2, -0.15) is 0 Å². The zero-order valence-electron chi connectivity index (χ0n) is 12.2. The SMILES string of the molecule is CCN(c1cccc(O)c1)c1cc(C)nc(C)c1CN. The minimum Gasteiger partial charge on any atom is -0.508 e. The predicted octanol–water partition coefficient (Wildman–Crippen LogP) is 3.02. The molecule has 0 saturated heterocycles. The standard InChI is InChI=1S/C16H21N3O/c1-4-19(13-6-5-7-14(20)9-13)16-8-11(2)18-12(3)15(16)10-17/h5-9,20H,4,10,17H2,1-3H3. The second-order valence-electron chi connectivity index (χ2n) is 4.81. The fourth-order valence-corrected chi connectivity index (χ4v) is 2.48. The van der Waals surface area contributed by atoms with Crippen LogP contribution >= 0.6 is 0 Å². The molecule has 0 aliphatic heterocycles. The Hall–Kier alpha value is -2.07. The average molecular weight is 271 g/mol. The molecule has 0 bridgehead atoms. The van der Waals surface area contributed by atoms with Gasteiger partial charge in [-0.25, -0.2) is 0 Å². The molecule has 2 aromatic rings. The van der Waals surface area contributed by atoms with E-state index in [-0.39, 0.29) is 5.75 Å². The number of aryl methyl sites for hydroxylation is 2. The van der Waals surface area contributed by atoms with Gasteiger partial charge in [-0.05, 0) is 39.0 Å². The highest BCUT2D eigenvalue weighted by Gasteiger charge is 2.14. The number of pyridine rings is 1. The Morgan fingerprint density at radius 1 is 1.25 bits per heavy atom. The van der Waals surface area contributed by atoms with Crippen molar-refractivity contribution in [1.82, 2.24) is 4.98 Å². The first-order valence-electron chi connectivity index (χ1n) is 6.80. The van der Waals surface area contributed by atoms with Crippen molar-refractivity contribution in [3.05, 3.63) is 47.3 Å². The van der Waals surface area contributed by atoms with E-state index in [2.05, 4.69) is 16.8 Å². The lowest BCUT2D eigenvalue weighted by Gasteiger charge is -2.27. The first kappa shape index (κ1) is 14.3. The Labute approximate surface area is 119 Å². The van der Waals surface area contributed by atoms with Crippen molar-refractivity contribution in [1.29, 1.82) is 0 Å². The summed E-state index contributed by atoms with van der Waals surface area (Å²) in [6, 6.07) is 9.30. The van der Waals surface area contributed by atoms with E-state index in [1.54, 1.807) is 12.1 Å². The number of phenols is 1. The smallest absolute Gasteiger partial charge is 0.117 e. The second kappa shape index (κ2) is 5.92. The first-order chi connectivity index (χ1) is 9.56. The summed E-state index contributed by atoms with van der Waals surface area (Å²) in [6.07, 6.45) is 0. The van der Waals surface area contributed by atoms with Crippen LogP contribution in [0.3, 0.4) is 0 Å². The minimum atomic E-state index is 0.262. The molecular weight excluding hydrogens is 250 g/mol. The molecule has 0 atom stereocenters. The summed E-state index contributed by atoms with van der Waals surface area (Å²) in [7, 11) is 0. The van der Waals surface area contributed by atoms with Crippen LogP contribution in [-0.4, -0.2) is 16.6 Å². The third kappa shape index (κ3) is 2.75. The van der Waals surface area contributed by atoms with Gasteiger partial charge in [0.15, 0.2) is 0 Å². The summed E-state index contributed by atoms with van der Waals surface area (Å²) in [5.41, 5.74) is 10.9. The topological polar surface area (TPSA) is 62.4 Å². The molecule has 0 radical (unpaired) electrons. The van der Waals surface area contributed by atoms with Crippen molar-refractivity contribution >= 4 is 11.4 Å². The Bertz CT molecular complexity index is 611. The molecule has 1 aromatic carbocycles. The van der Waals surface area contributed by atoms with Crippen LogP contribution in [0.15, 0.2) is 30.3 Å². The van der Waals surface area contributed by atoms with Crippen molar-refractivity contribution in [2.24, 2.45) is 5.73 Å². The molecule has 1 heterocycles. The maximum absolute atomic E-state index is 9.68. The molecule has 3 N–H and O–H groups in total. The van der Waals surface area contributed by atoms with Crippen LogP contribution in [0.2, 0.25) is 0 Å². The summed E-state index contributed by atoms with van der Waals surface area (Å²) in [5.74, 6) is 0.262. The van der Waals surface area contributed by atoms with Crippen LogP contribution in [-0.2, 0) is 6.54 Å². The zero-order valence-corrected chi connectivity index (χ0v) is 12.2. The van der Waals surface area contributed by atoms with Gasteiger partial charge < -0.3 is 15.7 Å². The maximum atomic E-state index is 9.68. The van der Waals surface area contributed by atoms with Gasteiger partial charge in [0.1, 0.15) is 5.75 Å². The lowest BCUT2D eigenvalue weighted by atomic mass is 10.1. The molecule has 0 spiro atoms. The largest absolute Gasteiger partial charge is 0.508 e. The number of nitrogens with zero attached hydrogens (tertiary/aromatic N) is 2. The van der Waals surface area contributed by atoms with Gasteiger partial charge in [-0.3, -0.25) is 4.98 Å². The molecule has 106 valence electrons. The van der Waals surface area contributed by atoms with Gasteiger partial charge >= 0.3 is 0 Å². The molecule has 0 aliphatic rings. The van der Waals surface area contributed by atoms with E-state index in [4.69, 9.17) is 5.73 Å². The number of phenolic OH excluding ortho intramolecular Hbond substituents is 1. The van der Waals surface area contributed by atoms with E-state index in [1.807, 2.05) is 32.0 Å². The van der Waals surface area contributed by atoms with E-state index in [1.165, 1.54) is 0 Å². The molecule has 4 nitrogen and oxygen atoms in total. The zero-order chi connectivity index (χ0) is 14.7. The highest BCUT2D eigenvalue weighted by molar-refractivity contribution is 5.68. The van der Waals surface area contributed by atoms with E-state index in [0.29, 0.717) is 6.54 Å². The molecule has 2 rings (SSSR count). The van der Waals surface area contributed by atoms with Gasteiger partial charge in [0.25, 0.3) is 0 Å². The van der Waals surface area contributed by atoms with Crippen molar-refractivity contribution in [2.75, 3.05) is 11.4 Å². The number of anilines is 2. The summed E-state index contributed by atoms with van der Waals surface area (Å²) in [4.78, 5) is 6.62. The molecule has 0 amide bonds. The highest BCUT2D eigenvalue weighted by Crippen LogP contribution is 2.31. The monoisotopic (exact) mass is 271 g/mol.